The first-order chi connectivity index (χ1) is 17.5. The summed E-state index contributed by atoms with van der Waals surface area (Å²) in [7, 11) is -3.96. The highest BCUT2D eigenvalue weighted by atomic mass is 35.5. The lowest BCUT2D eigenvalue weighted by Crippen LogP contribution is -2.54. The van der Waals surface area contributed by atoms with E-state index >= 15 is 0 Å². The average Bonchev–Trinajstić information content (AvgIpc) is 2.84. The molecule has 0 unspecified atom stereocenters. The molecule has 0 aliphatic heterocycles. The fraction of sp³-hybridized carbons (Fsp3) is 0.462. The number of hydrogen-bond acceptors (Lipinski definition) is 4. The lowest BCUT2D eigenvalue weighted by atomic mass is 9.95. The van der Waals surface area contributed by atoms with E-state index < -0.39 is 34.3 Å². The summed E-state index contributed by atoms with van der Waals surface area (Å²) in [6, 6.07) is 9.04. The molecular weight excluding hydrogens is 540 g/mol. The van der Waals surface area contributed by atoms with Gasteiger partial charge in [0.2, 0.25) is 21.8 Å². The third-order valence-electron chi connectivity index (χ3n) is 6.50. The van der Waals surface area contributed by atoms with E-state index in [2.05, 4.69) is 5.32 Å². The molecule has 3 rings (SSSR count). The lowest BCUT2D eigenvalue weighted by molar-refractivity contribution is -0.140. The largest absolute Gasteiger partial charge is 0.352 e. The number of nitrogens with one attached hydrogen (secondary N) is 1. The fourth-order valence-corrected chi connectivity index (χ4v) is 5.92. The minimum absolute atomic E-state index is 0.00582. The van der Waals surface area contributed by atoms with Crippen LogP contribution in [0.1, 0.15) is 51.0 Å². The van der Waals surface area contributed by atoms with E-state index in [4.69, 9.17) is 23.2 Å². The molecule has 1 aliphatic rings. The van der Waals surface area contributed by atoms with Gasteiger partial charge in [-0.05, 0) is 49.6 Å². The molecule has 0 aromatic heterocycles. The molecule has 7 nitrogen and oxygen atoms in total. The number of sulfonamides is 1. The molecule has 0 saturated heterocycles. The molecule has 11 heteroatoms. The van der Waals surface area contributed by atoms with Crippen LogP contribution in [0.25, 0.3) is 0 Å². The summed E-state index contributed by atoms with van der Waals surface area (Å²) in [5, 5.41) is 3.70. The summed E-state index contributed by atoms with van der Waals surface area (Å²) < 4.78 is 40.0. The van der Waals surface area contributed by atoms with Crippen LogP contribution in [-0.2, 0) is 26.2 Å². The van der Waals surface area contributed by atoms with Gasteiger partial charge in [-0.25, -0.2) is 12.8 Å². The summed E-state index contributed by atoms with van der Waals surface area (Å²) in [6.07, 6.45) is 6.13. The SMILES string of the molecule is CC[C@@H](C(=O)NC1CCCCC1)N(Cc1c(Cl)cccc1Cl)C(=O)CN(c1cccc(F)c1)S(C)(=O)=O. The number of amides is 2. The van der Waals surface area contributed by atoms with Crippen LogP contribution in [0.4, 0.5) is 10.1 Å². The van der Waals surface area contributed by atoms with Crippen molar-refractivity contribution >= 4 is 50.7 Å². The summed E-state index contributed by atoms with van der Waals surface area (Å²) in [4.78, 5) is 28.4. The number of nitrogens with zero attached hydrogens (tertiary/aromatic N) is 2. The minimum Gasteiger partial charge on any atom is -0.352 e. The maximum atomic E-state index is 13.9. The number of anilines is 1. The van der Waals surface area contributed by atoms with Crippen LogP contribution in [0.15, 0.2) is 42.5 Å². The van der Waals surface area contributed by atoms with Gasteiger partial charge in [0.05, 0.1) is 11.9 Å². The molecule has 37 heavy (non-hydrogen) atoms. The van der Waals surface area contributed by atoms with Gasteiger partial charge < -0.3 is 10.2 Å². The van der Waals surface area contributed by atoms with Gasteiger partial charge in [0.25, 0.3) is 0 Å². The number of halogens is 3. The number of carbonyl (C=O) groups is 2. The molecule has 0 heterocycles. The van der Waals surface area contributed by atoms with E-state index in [-0.39, 0.29) is 30.6 Å². The van der Waals surface area contributed by atoms with E-state index in [1.54, 1.807) is 25.1 Å². The van der Waals surface area contributed by atoms with Crippen LogP contribution < -0.4 is 9.62 Å². The number of benzene rings is 2. The zero-order valence-corrected chi connectivity index (χ0v) is 23.3. The standard InChI is InChI=1S/C26H32Cl2FN3O4S/c1-3-24(26(34)30-19-10-5-4-6-11-19)31(16-21-22(27)13-8-14-23(21)28)25(33)17-32(37(2,35)36)20-12-7-9-18(29)15-20/h7-9,12-15,19,24H,3-6,10-11,16-17H2,1-2H3,(H,30,34)/t24-/m0/s1. The molecule has 1 aliphatic carbocycles. The Bertz CT molecular complexity index is 1200. The van der Waals surface area contributed by atoms with Crippen LogP contribution in [0.5, 0.6) is 0 Å². The van der Waals surface area contributed by atoms with Gasteiger partial charge in [-0.2, -0.15) is 0 Å². The predicted octanol–water partition coefficient (Wildman–Crippen LogP) is 5.15. The third kappa shape index (κ3) is 7.82. The molecule has 2 aromatic rings. The number of carbonyl (C=O) groups excluding carboxylic acids is 2. The van der Waals surface area contributed by atoms with E-state index in [9.17, 15) is 22.4 Å². The molecule has 0 spiro atoms. The van der Waals surface area contributed by atoms with E-state index in [0.717, 1.165) is 48.7 Å². The van der Waals surface area contributed by atoms with E-state index in [1.807, 2.05) is 0 Å². The zero-order chi connectivity index (χ0) is 27.2. The summed E-state index contributed by atoms with van der Waals surface area (Å²) >= 11 is 12.8. The molecule has 1 N–H and O–H groups in total. The molecule has 1 saturated carbocycles. The van der Waals surface area contributed by atoms with Gasteiger partial charge in [-0.15, -0.1) is 0 Å². The van der Waals surface area contributed by atoms with Crippen LogP contribution in [0, 0.1) is 5.82 Å². The van der Waals surface area contributed by atoms with Gasteiger partial charge in [-0.3, -0.25) is 13.9 Å². The monoisotopic (exact) mass is 571 g/mol. The van der Waals surface area contributed by atoms with E-state index in [0.29, 0.717) is 15.6 Å². The summed E-state index contributed by atoms with van der Waals surface area (Å²) in [5.41, 5.74) is 0.450. The quantitative estimate of drug-likeness (QED) is 0.427. The highest BCUT2D eigenvalue weighted by Gasteiger charge is 2.33. The molecule has 202 valence electrons. The van der Waals surface area contributed by atoms with E-state index in [1.165, 1.54) is 23.1 Å². The Morgan fingerprint density at radius 3 is 2.27 bits per heavy atom. The smallest absolute Gasteiger partial charge is 0.244 e. The Hall–Kier alpha value is -2.36. The maximum absolute atomic E-state index is 13.9. The second kappa shape index (κ2) is 12.9. The lowest BCUT2D eigenvalue weighted by Gasteiger charge is -2.34. The second-order valence-corrected chi connectivity index (χ2v) is 12.0. The van der Waals surface area contributed by atoms with Crippen molar-refractivity contribution in [3.63, 3.8) is 0 Å². The Labute approximate surface area is 228 Å². The third-order valence-corrected chi connectivity index (χ3v) is 8.35. The first kappa shape index (κ1) is 29.2. The Morgan fingerprint density at radius 1 is 1.08 bits per heavy atom. The number of hydrogen-bond donors (Lipinski definition) is 1. The molecule has 0 radical (unpaired) electrons. The van der Waals surface area contributed by atoms with Crippen molar-refractivity contribution < 1.29 is 22.4 Å². The number of rotatable bonds is 10. The molecule has 1 atom stereocenters. The van der Waals surface area contributed by atoms with Crippen molar-refractivity contribution in [1.29, 1.82) is 0 Å². The predicted molar refractivity (Wildman–Crippen MR) is 145 cm³/mol. The Morgan fingerprint density at radius 2 is 1.70 bits per heavy atom. The van der Waals surface area contributed by atoms with Gasteiger partial charge in [0, 0.05) is 28.2 Å². The first-order valence-electron chi connectivity index (χ1n) is 12.3. The van der Waals surface area contributed by atoms with Gasteiger partial charge >= 0.3 is 0 Å². The van der Waals surface area contributed by atoms with Crippen molar-refractivity contribution in [3.8, 4) is 0 Å². The van der Waals surface area contributed by atoms with Crippen LogP contribution in [-0.4, -0.2) is 50.0 Å². The zero-order valence-electron chi connectivity index (χ0n) is 20.9. The van der Waals surface area contributed by atoms with Crippen molar-refractivity contribution in [2.75, 3.05) is 17.1 Å². The highest BCUT2D eigenvalue weighted by Crippen LogP contribution is 2.28. The maximum Gasteiger partial charge on any atom is 0.244 e. The molecule has 2 aromatic carbocycles. The normalized spacial score (nSPS) is 15.2. The van der Waals surface area contributed by atoms with Gasteiger partial charge in [0.1, 0.15) is 18.4 Å². The Kier molecular flexibility index (Phi) is 10.2. The van der Waals surface area contributed by atoms with Crippen LogP contribution in [0.3, 0.4) is 0 Å². The molecule has 2 amide bonds. The van der Waals surface area contributed by atoms with Crippen molar-refractivity contribution in [2.45, 2.75) is 64.1 Å². The fourth-order valence-electron chi connectivity index (χ4n) is 4.56. The average molecular weight is 573 g/mol. The van der Waals surface area contributed by atoms with Gasteiger partial charge in [0.15, 0.2) is 0 Å². The summed E-state index contributed by atoms with van der Waals surface area (Å²) in [5.74, 6) is -1.60. The first-order valence-corrected chi connectivity index (χ1v) is 14.9. The van der Waals surface area contributed by atoms with Crippen molar-refractivity contribution in [3.05, 3.63) is 63.9 Å². The summed E-state index contributed by atoms with van der Waals surface area (Å²) in [6.45, 7) is 1.05. The van der Waals surface area contributed by atoms with Gasteiger partial charge in [-0.1, -0.05) is 61.5 Å². The topological polar surface area (TPSA) is 86.8 Å². The van der Waals surface area contributed by atoms with Crippen LogP contribution >= 0.6 is 23.2 Å². The Balaban J connectivity index is 1.96. The molecule has 1 fully saturated rings. The van der Waals surface area contributed by atoms with Crippen molar-refractivity contribution in [1.82, 2.24) is 10.2 Å². The molecular formula is C26H32Cl2FN3O4S. The minimum atomic E-state index is -3.96. The highest BCUT2D eigenvalue weighted by molar-refractivity contribution is 7.92. The molecule has 0 bridgehead atoms. The van der Waals surface area contributed by atoms with Crippen LogP contribution in [0.2, 0.25) is 10.0 Å². The van der Waals surface area contributed by atoms with Crippen molar-refractivity contribution in [2.24, 2.45) is 0 Å². The second-order valence-electron chi connectivity index (χ2n) is 9.24.